The Kier molecular flexibility index (Phi) is 4.32. The van der Waals surface area contributed by atoms with Crippen LogP contribution in [0, 0.1) is 0 Å². The summed E-state index contributed by atoms with van der Waals surface area (Å²) in [7, 11) is 1.50. The summed E-state index contributed by atoms with van der Waals surface area (Å²) in [6.07, 6.45) is 0.126. The third kappa shape index (κ3) is 3.27. The largest absolute Gasteiger partial charge is 0.496 e. The molecule has 0 fully saturated rings. The molecule has 0 aliphatic carbocycles. The smallest absolute Gasteiger partial charge is 0.255 e. The van der Waals surface area contributed by atoms with E-state index in [0.29, 0.717) is 11.3 Å². The molecule has 2 amide bonds. The van der Waals surface area contributed by atoms with Gasteiger partial charge in [0.2, 0.25) is 5.91 Å². The fourth-order valence-electron chi connectivity index (χ4n) is 1.23. The third-order valence-electron chi connectivity index (χ3n) is 2.01. The summed E-state index contributed by atoms with van der Waals surface area (Å²) in [5.41, 5.74) is 5.40. The van der Waals surface area contributed by atoms with Gasteiger partial charge in [0.05, 0.1) is 12.7 Å². The van der Waals surface area contributed by atoms with E-state index in [0.717, 1.165) is 0 Å². The number of hydrogen-bond acceptors (Lipinski definition) is 3. The van der Waals surface area contributed by atoms with Crippen molar-refractivity contribution in [3.05, 3.63) is 29.8 Å². The number of para-hydroxylation sites is 1. The molecule has 1 rings (SSSR count). The number of amides is 2. The van der Waals surface area contributed by atoms with Crippen molar-refractivity contribution in [2.75, 3.05) is 13.7 Å². The molecule has 0 spiro atoms. The van der Waals surface area contributed by atoms with Crippen LogP contribution in [0.15, 0.2) is 24.3 Å². The Morgan fingerprint density at radius 2 is 2.06 bits per heavy atom. The Morgan fingerprint density at radius 3 is 2.69 bits per heavy atom. The van der Waals surface area contributed by atoms with Crippen LogP contribution >= 0.6 is 0 Å². The minimum atomic E-state index is -0.444. The molecule has 0 bridgehead atoms. The lowest BCUT2D eigenvalue weighted by Crippen LogP contribution is -2.28. The monoisotopic (exact) mass is 222 g/mol. The number of nitrogens with one attached hydrogen (secondary N) is 1. The summed E-state index contributed by atoms with van der Waals surface area (Å²) in [5.74, 6) is -0.224. The number of carbonyl (C=O) groups is 2. The zero-order valence-electron chi connectivity index (χ0n) is 9.03. The highest BCUT2D eigenvalue weighted by Crippen LogP contribution is 2.16. The van der Waals surface area contributed by atoms with E-state index in [4.69, 9.17) is 10.5 Å². The summed E-state index contributed by atoms with van der Waals surface area (Å²) >= 11 is 0. The average Bonchev–Trinajstić information content (AvgIpc) is 2.28. The highest BCUT2D eigenvalue weighted by Gasteiger charge is 2.10. The summed E-state index contributed by atoms with van der Waals surface area (Å²) in [4.78, 5) is 22.1. The van der Waals surface area contributed by atoms with Crippen LogP contribution in [0.2, 0.25) is 0 Å². The van der Waals surface area contributed by atoms with Crippen molar-refractivity contribution in [1.82, 2.24) is 5.32 Å². The molecule has 0 saturated heterocycles. The lowest BCUT2D eigenvalue weighted by molar-refractivity contribution is -0.117. The van der Waals surface area contributed by atoms with E-state index in [-0.39, 0.29) is 18.9 Å². The van der Waals surface area contributed by atoms with Gasteiger partial charge in [0.1, 0.15) is 5.75 Å². The maximum Gasteiger partial charge on any atom is 0.255 e. The van der Waals surface area contributed by atoms with Crippen molar-refractivity contribution < 1.29 is 14.3 Å². The molecule has 0 aliphatic rings. The van der Waals surface area contributed by atoms with E-state index >= 15 is 0 Å². The van der Waals surface area contributed by atoms with Crippen LogP contribution in [-0.4, -0.2) is 25.5 Å². The topological polar surface area (TPSA) is 81.4 Å². The molecule has 0 aromatic heterocycles. The highest BCUT2D eigenvalue weighted by atomic mass is 16.5. The Labute approximate surface area is 93.6 Å². The number of ether oxygens (including phenoxy) is 1. The summed E-state index contributed by atoms with van der Waals surface area (Å²) in [6.45, 7) is 0.228. The van der Waals surface area contributed by atoms with Gasteiger partial charge in [-0.05, 0) is 12.1 Å². The van der Waals surface area contributed by atoms with Crippen LogP contribution in [0.1, 0.15) is 16.8 Å². The maximum atomic E-state index is 11.7. The molecule has 0 aliphatic heterocycles. The quantitative estimate of drug-likeness (QED) is 0.751. The lowest BCUT2D eigenvalue weighted by Gasteiger charge is -2.08. The molecular formula is C11H14N2O3. The second kappa shape index (κ2) is 5.75. The predicted molar refractivity (Wildman–Crippen MR) is 59.1 cm³/mol. The second-order valence-corrected chi connectivity index (χ2v) is 3.17. The van der Waals surface area contributed by atoms with E-state index < -0.39 is 5.91 Å². The normalized spacial score (nSPS) is 9.56. The Morgan fingerprint density at radius 1 is 1.38 bits per heavy atom. The number of carbonyl (C=O) groups excluding carboxylic acids is 2. The zero-order valence-corrected chi connectivity index (χ0v) is 9.03. The van der Waals surface area contributed by atoms with Crippen molar-refractivity contribution in [1.29, 1.82) is 0 Å². The van der Waals surface area contributed by atoms with Gasteiger partial charge in [-0.25, -0.2) is 0 Å². The maximum absolute atomic E-state index is 11.7. The van der Waals surface area contributed by atoms with E-state index in [1.807, 2.05) is 0 Å². The molecule has 0 saturated carbocycles. The average molecular weight is 222 g/mol. The summed E-state index contributed by atoms with van der Waals surface area (Å²) in [5, 5.41) is 2.59. The molecule has 16 heavy (non-hydrogen) atoms. The van der Waals surface area contributed by atoms with Crippen molar-refractivity contribution in [2.45, 2.75) is 6.42 Å². The first-order valence-corrected chi connectivity index (χ1v) is 4.84. The fraction of sp³-hybridized carbons (Fsp3) is 0.273. The number of nitrogens with two attached hydrogens (primary N) is 1. The molecule has 5 nitrogen and oxygen atoms in total. The molecule has 5 heteroatoms. The van der Waals surface area contributed by atoms with Gasteiger partial charge in [-0.1, -0.05) is 12.1 Å². The Balaban J connectivity index is 2.62. The van der Waals surface area contributed by atoms with Crippen molar-refractivity contribution in [2.24, 2.45) is 5.73 Å². The van der Waals surface area contributed by atoms with Gasteiger partial charge in [0.15, 0.2) is 0 Å². The van der Waals surface area contributed by atoms with Gasteiger partial charge in [0.25, 0.3) is 5.91 Å². The molecule has 3 N–H and O–H groups in total. The highest BCUT2D eigenvalue weighted by molar-refractivity contribution is 5.97. The number of methoxy groups -OCH3 is 1. The van der Waals surface area contributed by atoms with E-state index in [1.54, 1.807) is 24.3 Å². The van der Waals surface area contributed by atoms with Crippen LogP contribution < -0.4 is 15.8 Å². The number of rotatable bonds is 5. The molecule has 0 radical (unpaired) electrons. The van der Waals surface area contributed by atoms with E-state index in [9.17, 15) is 9.59 Å². The van der Waals surface area contributed by atoms with Crippen LogP contribution in [0.5, 0.6) is 5.75 Å². The van der Waals surface area contributed by atoms with Gasteiger partial charge >= 0.3 is 0 Å². The van der Waals surface area contributed by atoms with Crippen LogP contribution in [0.25, 0.3) is 0 Å². The lowest BCUT2D eigenvalue weighted by atomic mass is 10.2. The molecule has 1 aromatic carbocycles. The predicted octanol–water partition coefficient (Wildman–Crippen LogP) is 0.300. The molecule has 0 atom stereocenters. The van der Waals surface area contributed by atoms with Crippen molar-refractivity contribution >= 4 is 11.8 Å². The summed E-state index contributed by atoms with van der Waals surface area (Å²) in [6, 6.07) is 6.87. The van der Waals surface area contributed by atoms with Gasteiger partial charge in [-0.3, -0.25) is 9.59 Å². The van der Waals surface area contributed by atoms with Crippen LogP contribution in [-0.2, 0) is 4.79 Å². The standard InChI is InChI=1S/C11H14N2O3/c1-16-9-5-3-2-4-8(9)11(15)13-7-6-10(12)14/h2-5H,6-7H2,1H3,(H2,12,14)(H,13,15). The fourth-order valence-corrected chi connectivity index (χ4v) is 1.23. The van der Waals surface area contributed by atoms with Crippen molar-refractivity contribution in [3.8, 4) is 5.75 Å². The van der Waals surface area contributed by atoms with Crippen LogP contribution in [0.4, 0.5) is 0 Å². The molecule has 0 unspecified atom stereocenters. The number of hydrogen-bond donors (Lipinski definition) is 2. The van der Waals surface area contributed by atoms with Crippen LogP contribution in [0.3, 0.4) is 0 Å². The second-order valence-electron chi connectivity index (χ2n) is 3.17. The zero-order chi connectivity index (χ0) is 12.0. The van der Waals surface area contributed by atoms with E-state index in [1.165, 1.54) is 7.11 Å². The van der Waals surface area contributed by atoms with Gasteiger partial charge in [0, 0.05) is 13.0 Å². The Bertz CT molecular complexity index is 391. The molecule has 1 aromatic rings. The molecule has 0 heterocycles. The molecular weight excluding hydrogens is 208 g/mol. The first-order chi connectivity index (χ1) is 7.65. The Hall–Kier alpha value is -2.04. The number of benzene rings is 1. The van der Waals surface area contributed by atoms with Gasteiger partial charge < -0.3 is 15.8 Å². The third-order valence-corrected chi connectivity index (χ3v) is 2.01. The minimum absolute atomic E-state index is 0.126. The van der Waals surface area contributed by atoms with Crippen molar-refractivity contribution in [3.63, 3.8) is 0 Å². The SMILES string of the molecule is COc1ccccc1C(=O)NCCC(N)=O. The summed E-state index contributed by atoms with van der Waals surface area (Å²) < 4.78 is 5.04. The van der Waals surface area contributed by atoms with E-state index in [2.05, 4.69) is 5.32 Å². The first kappa shape index (κ1) is 12.0. The van der Waals surface area contributed by atoms with Gasteiger partial charge in [-0.2, -0.15) is 0 Å². The molecule has 86 valence electrons. The number of primary amides is 1. The first-order valence-electron chi connectivity index (χ1n) is 4.84. The minimum Gasteiger partial charge on any atom is -0.496 e. The van der Waals surface area contributed by atoms with Gasteiger partial charge in [-0.15, -0.1) is 0 Å².